The van der Waals surface area contributed by atoms with Crippen LogP contribution >= 0.6 is 0 Å². The first kappa shape index (κ1) is 80.1. The van der Waals surface area contributed by atoms with Crippen LogP contribution in [-0.2, 0) is 70.4 Å². The first-order valence-electron chi connectivity index (χ1n) is 36.5. The number of benzene rings is 3. The number of imide groups is 1. The molecule has 28 nitrogen and oxygen atoms in total. The van der Waals surface area contributed by atoms with Gasteiger partial charge >= 0.3 is 12.1 Å². The van der Waals surface area contributed by atoms with E-state index < -0.39 is 102 Å². The van der Waals surface area contributed by atoms with Gasteiger partial charge < -0.3 is 66.1 Å². The molecule has 12 amide bonds. The van der Waals surface area contributed by atoms with Crippen molar-refractivity contribution in [1.82, 2.24) is 56.4 Å². The fourth-order valence-corrected chi connectivity index (χ4v) is 14.6. The summed E-state index contributed by atoms with van der Waals surface area (Å²) in [5.74, 6) is -5.04. The fraction of sp³-hybridized carbons (Fsp3) is 0.566. The van der Waals surface area contributed by atoms with E-state index in [1.165, 1.54) is 31.3 Å². The Kier molecular flexibility index (Phi) is 29.5. The minimum absolute atomic E-state index is 0.0884. The molecule has 3 aliphatic heterocycles. The number of hydrogen-bond acceptors (Lipinski definition) is 17. The van der Waals surface area contributed by atoms with E-state index in [9.17, 15) is 47.9 Å². The van der Waals surface area contributed by atoms with Crippen molar-refractivity contribution in [2.75, 3.05) is 46.2 Å². The van der Waals surface area contributed by atoms with E-state index in [4.69, 9.17) is 24.4 Å². The topological polar surface area (TPSA) is 366 Å². The lowest BCUT2D eigenvalue weighted by atomic mass is 9.89. The molecule has 1 saturated carbocycles. The van der Waals surface area contributed by atoms with Gasteiger partial charge in [0.25, 0.3) is 11.8 Å². The lowest BCUT2D eigenvalue weighted by Gasteiger charge is -2.41. The molecule has 0 spiro atoms. The summed E-state index contributed by atoms with van der Waals surface area (Å²) in [6.45, 7) is 13.5. The molecule has 28 heteroatoms. The third-order valence-corrected chi connectivity index (χ3v) is 20.5. The molecule has 4 aromatic rings. The van der Waals surface area contributed by atoms with Gasteiger partial charge in [-0.3, -0.25) is 53.0 Å². The number of anilines is 1. The highest BCUT2D eigenvalue weighted by Gasteiger charge is 2.53. The normalized spacial score (nSPS) is 19.5. The maximum absolute atomic E-state index is 15.0. The van der Waals surface area contributed by atoms with Crippen LogP contribution < -0.4 is 37.6 Å². The van der Waals surface area contributed by atoms with Gasteiger partial charge in [0.05, 0.1) is 36.6 Å². The monoisotopic (exact) mass is 1440 g/mol. The molecule has 564 valence electrons. The van der Waals surface area contributed by atoms with Gasteiger partial charge in [-0.05, 0) is 117 Å². The average Bonchev–Trinajstić information content (AvgIpc) is 1.60. The van der Waals surface area contributed by atoms with Gasteiger partial charge in [0.15, 0.2) is 0 Å². The molecular formula is C76H105N13O15. The maximum atomic E-state index is 15.0. The number of rotatable bonds is 38. The van der Waals surface area contributed by atoms with E-state index in [2.05, 4.69) is 42.1 Å². The number of likely N-dealkylation sites (tertiary alicyclic amines) is 2. The number of methoxy groups -OCH3 is 2. The van der Waals surface area contributed by atoms with Gasteiger partial charge in [0.1, 0.15) is 36.8 Å². The number of hydrogen-bond donors (Lipinski definition) is 7. The van der Waals surface area contributed by atoms with Crippen molar-refractivity contribution in [3.05, 3.63) is 114 Å². The van der Waals surface area contributed by atoms with Gasteiger partial charge in [0.2, 0.25) is 53.1 Å². The van der Waals surface area contributed by atoms with E-state index in [0.717, 1.165) is 16.0 Å². The Morgan fingerprint density at radius 3 is 2.06 bits per heavy atom. The lowest BCUT2D eigenvalue weighted by Crippen LogP contribution is -2.60. The molecule has 8 N–H and O–H groups in total. The summed E-state index contributed by atoms with van der Waals surface area (Å²) in [6, 6.07) is 18.7. The van der Waals surface area contributed by atoms with Crippen LogP contribution in [0.5, 0.6) is 0 Å². The molecule has 8 rings (SSSR count). The molecule has 4 heterocycles. The van der Waals surface area contributed by atoms with E-state index in [1.54, 1.807) is 61.9 Å². The number of ether oxygens (including phenoxy) is 3. The van der Waals surface area contributed by atoms with Gasteiger partial charge in [0, 0.05) is 83.2 Å². The van der Waals surface area contributed by atoms with Crippen LogP contribution in [-0.4, -0.2) is 190 Å². The largest absolute Gasteiger partial charge is 0.445 e. The Bertz CT molecular complexity index is 3610. The minimum Gasteiger partial charge on any atom is -0.445 e. The molecule has 1 aromatic heterocycles. The first-order chi connectivity index (χ1) is 49.8. The van der Waals surface area contributed by atoms with Crippen LogP contribution in [0.1, 0.15) is 155 Å². The number of likely N-dealkylation sites (N-methyl/N-ethyl adjacent to an activating group) is 1. The van der Waals surface area contributed by atoms with Crippen molar-refractivity contribution < 1.29 is 71.4 Å². The second kappa shape index (κ2) is 38.3. The second-order valence-corrected chi connectivity index (χ2v) is 28.5. The number of amides is 12. The summed E-state index contributed by atoms with van der Waals surface area (Å²) < 4.78 is 24.4. The van der Waals surface area contributed by atoms with Crippen molar-refractivity contribution in [2.45, 2.75) is 206 Å². The summed E-state index contributed by atoms with van der Waals surface area (Å²) in [4.78, 5) is 155. The van der Waals surface area contributed by atoms with Gasteiger partial charge in [-0.1, -0.05) is 122 Å². The number of nitrogens with zero attached hydrogens (tertiary/aromatic N) is 6. The maximum Gasteiger partial charge on any atom is 0.411 e. The Morgan fingerprint density at radius 2 is 1.41 bits per heavy atom. The summed E-state index contributed by atoms with van der Waals surface area (Å²) in [5, 5.41) is 25.7. The molecule has 2 saturated heterocycles. The second-order valence-electron chi connectivity index (χ2n) is 28.5. The number of primary amides is 1. The molecular weight excluding hydrogens is 1330 g/mol. The first-order valence-corrected chi connectivity index (χ1v) is 36.5. The Balaban J connectivity index is 0.856. The van der Waals surface area contributed by atoms with Crippen LogP contribution in [0, 0.1) is 29.6 Å². The van der Waals surface area contributed by atoms with Crippen LogP contribution in [0.25, 0.3) is 11.5 Å². The van der Waals surface area contributed by atoms with E-state index >= 15 is 4.79 Å². The molecule has 1 aliphatic carbocycles. The minimum atomic E-state index is -1.11. The third kappa shape index (κ3) is 21.1. The highest BCUT2D eigenvalue weighted by atomic mass is 16.6. The molecule has 4 aliphatic rings. The number of urea groups is 1. The number of nitrogens with one attached hydrogen (secondary N) is 6. The summed E-state index contributed by atoms with van der Waals surface area (Å²) in [7, 11) is 4.72. The average molecular weight is 1440 g/mol. The summed E-state index contributed by atoms with van der Waals surface area (Å²) in [5.41, 5.74) is 7.87. The lowest BCUT2D eigenvalue weighted by molar-refractivity contribution is -0.148. The molecule has 2 bridgehead atoms. The zero-order valence-corrected chi connectivity index (χ0v) is 61.5. The predicted octanol–water partition coefficient (Wildman–Crippen LogP) is 6.89. The van der Waals surface area contributed by atoms with Crippen molar-refractivity contribution >= 4 is 71.0 Å². The quantitative estimate of drug-likeness (QED) is 0.0177. The number of unbranched alkanes of at least 4 members (excludes halogenated alkanes) is 2. The van der Waals surface area contributed by atoms with Gasteiger partial charge in [-0.2, -0.15) is 0 Å². The van der Waals surface area contributed by atoms with Crippen LogP contribution in [0.2, 0.25) is 0 Å². The molecule has 3 unspecified atom stereocenters. The van der Waals surface area contributed by atoms with Crippen molar-refractivity contribution in [3.63, 3.8) is 0 Å². The molecule has 3 fully saturated rings. The number of aromatic nitrogens is 2. The smallest absolute Gasteiger partial charge is 0.411 e. The molecule has 3 aromatic carbocycles. The third-order valence-electron chi connectivity index (χ3n) is 20.5. The number of carbonyl (C=O) groups is 11. The van der Waals surface area contributed by atoms with Crippen molar-refractivity contribution in [2.24, 2.45) is 35.3 Å². The summed E-state index contributed by atoms with van der Waals surface area (Å²) in [6.07, 6.45) is 6.29. The van der Waals surface area contributed by atoms with E-state index in [1.807, 2.05) is 88.4 Å². The van der Waals surface area contributed by atoms with Crippen LogP contribution in [0.4, 0.5) is 15.3 Å². The van der Waals surface area contributed by atoms with Gasteiger partial charge in [-0.25, -0.2) is 9.59 Å². The number of carbonyl (C=O) groups excluding carboxylic acids is 11. The van der Waals surface area contributed by atoms with E-state index in [0.29, 0.717) is 87.9 Å². The highest BCUT2D eigenvalue weighted by Crippen LogP contribution is 2.43. The van der Waals surface area contributed by atoms with Gasteiger partial charge in [-0.15, -0.1) is 10.2 Å². The zero-order chi connectivity index (χ0) is 75.3. The number of piperidine rings is 1. The Hall–Kier alpha value is -9.57. The SMILES string of the molecule is CC[C@H](C)[C@@H](C(CC(=O)N1CCC[C@H]1C(OC)[C@@H](C)C(=O)N[C@@H](Cc1ccccc1)c1nnc(-c2ccccc2)o1)OC)N(C)C(=O)[C@@H](NC(=O)C1[C@H]2CC[C@H](C2)N1C(=O)OCc1ccc(NC(=O)[C@H](CCCNC(N)=O)NC(=O)[C@@H](NC(=O)CCCCCN2C(=O)C=CC2=O)C(C)C)cc1)C(C)C. The van der Waals surface area contributed by atoms with Crippen LogP contribution in [0.15, 0.2) is 101 Å². The fourth-order valence-electron chi connectivity index (χ4n) is 14.6. The number of fused-ring (bicyclic) bond motifs is 2. The molecule has 0 radical (unpaired) electrons. The Labute approximate surface area is 608 Å². The zero-order valence-electron chi connectivity index (χ0n) is 61.5. The van der Waals surface area contributed by atoms with E-state index in [-0.39, 0.29) is 105 Å². The Morgan fingerprint density at radius 1 is 0.731 bits per heavy atom. The molecule has 104 heavy (non-hydrogen) atoms. The number of nitrogens with two attached hydrogens (primary N) is 1. The molecule has 13 atom stereocenters. The van der Waals surface area contributed by atoms with Crippen LogP contribution in [0.3, 0.4) is 0 Å². The standard InChI is InChI=1S/C76H105N13O15/c1-11-47(6)65(58(101-9)43-62(93)87-40-22-28-57(87)67(102-10)48(7)68(94)81-56(41-49-23-15-12-16-24-49)73-85-84-72(104-73)51-25-17-13-18-26-51)86(8)74(98)64(46(4)5)83-71(97)66-52-32-35-54(42-52)89(66)76(100)103-44-50-30-33-53(34-31-50)79-69(95)55(27-21-38-78-75(77)99)80-70(96)63(45(2)3)82-59(90)29-19-14-20-39-88-60(91)36-37-61(88)92/h12-13,15-18,23-26,30-31,33-34,36-37,45-48,52,54-58,63-67H,11,14,19-22,27-29,32,35,38-44H2,1-10H3,(H,79,95)(H,80,96)(H,81,94)(H,82,90)(H,83,97)(H3,77,78,99)/t47-,48+,52-,54+,55-,56-,57-,58?,63-,64-,65-,66?,67?/m0/s1. The predicted molar refractivity (Wildman–Crippen MR) is 386 cm³/mol. The van der Waals surface area contributed by atoms with Crippen molar-refractivity contribution in [3.8, 4) is 11.5 Å². The highest BCUT2D eigenvalue weighted by molar-refractivity contribution is 6.12. The van der Waals surface area contributed by atoms with Crippen molar-refractivity contribution in [1.29, 1.82) is 0 Å². The summed E-state index contributed by atoms with van der Waals surface area (Å²) >= 11 is 0.